The lowest BCUT2D eigenvalue weighted by atomic mass is 10.1. The Morgan fingerprint density at radius 1 is 1.41 bits per heavy atom. The average molecular weight is 330 g/mol. The number of nitrogens with one attached hydrogen (secondary N) is 2. The van der Waals surface area contributed by atoms with E-state index in [-0.39, 0.29) is 11.3 Å². The standard InChI is InChI=1S/C15H20F2N2O2S/c1-15(6-3-7-22-15)9-19-14(21)18-8-12(20)13-10(16)4-2-5-11(13)17/h2,4-5,12,20H,3,6-9H2,1H3,(H2,18,19,21). The van der Waals surface area contributed by atoms with Crippen molar-refractivity contribution in [2.75, 3.05) is 18.8 Å². The van der Waals surface area contributed by atoms with E-state index in [4.69, 9.17) is 0 Å². The lowest BCUT2D eigenvalue weighted by molar-refractivity contribution is 0.164. The largest absolute Gasteiger partial charge is 0.386 e. The number of amides is 2. The number of rotatable bonds is 5. The number of aliphatic hydroxyl groups is 1. The number of hydrogen-bond acceptors (Lipinski definition) is 3. The Bertz CT molecular complexity index is 516. The summed E-state index contributed by atoms with van der Waals surface area (Å²) in [6, 6.07) is 2.91. The van der Waals surface area contributed by atoms with E-state index in [0.29, 0.717) is 6.54 Å². The first kappa shape index (κ1) is 17.0. The third-order valence-corrected chi connectivity index (χ3v) is 5.25. The van der Waals surface area contributed by atoms with E-state index in [2.05, 4.69) is 17.6 Å². The van der Waals surface area contributed by atoms with E-state index in [1.165, 1.54) is 6.07 Å². The second-order valence-corrected chi connectivity index (χ2v) is 7.30. The quantitative estimate of drug-likeness (QED) is 0.778. The van der Waals surface area contributed by atoms with Gasteiger partial charge in [-0.05, 0) is 37.7 Å². The molecule has 3 N–H and O–H groups in total. The van der Waals surface area contributed by atoms with Gasteiger partial charge in [-0.25, -0.2) is 13.6 Å². The lowest BCUT2D eigenvalue weighted by Crippen LogP contribution is -2.43. The van der Waals surface area contributed by atoms with Crippen LogP contribution in [0.3, 0.4) is 0 Å². The molecule has 0 bridgehead atoms. The molecule has 22 heavy (non-hydrogen) atoms. The molecule has 0 aliphatic carbocycles. The number of thioether (sulfide) groups is 1. The van der Waals surface area contributed by atoms with Crippen LogP contribution in [-0.2, 0) is 0 Å². The molecule has 0 spiro atoms. The molecule has 0 aromatic heterocycles. The van der Waals surface area contributed by atoms with E-state index < -0.39 is 29.3 Å². The van der Waals surface area contributed by atoms with Crippen molar-refractivity contribution in [3.05, 3.63) is 35.4 Å². The molecule has 0 radical (unpaired) electrons. The molecule has 2 rings (SSSR count). The highest BCUT2D eigenvalue weighted by molar-refractivity contribution is 8.00. The average Bonchev–Trinajstić information content (AvgIpc) is 2.90. The van der Waals surface area contributed by atoms with Crippen molar-refractivity contribution in [3.8, 4) is 0 Å². The number of halogens is 2. The lowest BCUT2D eigenvalue weighted by Gasteiger charge is -2.23. The Labute approximate surface area is 132 Å². The summed E-state index contributed by atoms with van der Waals surface area (Å²) < 4.78 is 27.0. The number of urea groups is 1. The van der Waals surface area contributed by atoms with Crippen molar-refractivity contribution < 1.29 is 18.7 Å². The summed E-state index contributed by atoms with van der Waals surface area (Å²) >= 11 is 1.82. The van der Waals surface area contributed by atoms with E-state index in [9.17, 15) is 18.7 Å². The second kappa shape index (κ2) is 7.28. The molecule has 2 amide bonds. The first-order valence-electron chi connectivity index (χ1n) is 7.19. The van der Waals surface area contributed by atoms with Gasteiger partial charge in [0, 0.05) is 17.8 Å². The predicted molar refractivity (Wildman–Crippen MR) is 82.8 cm³/mol. The minimum Gasteiger partial charge on any atom is -0.386 e. The number of carbonyl (C=O) groups excluding carboxylic acids is 1. The topological polar surface area (TPSA) is 61.4 Å². The summed E-state index contributed by atoms with van der Waals surface area (Å²) in [4.78, 5) is 11.7. The highest BCUT2D eigenvalue weighted by Gasteiger charge is 2.29. The molecule has 122 valence electrons. The zero-order valence-electron chi connectivity index (χ0n) is 12.4. The fourth-order valence-electron chi connectivity index (χ4n) is 2.43. The van der Waals surface area contributed by atoms with Crippen LogP contribution in [0.1, 0.15) is 31.4 Å². The molecule has 7 heteroatoms. The van der Waals surface area contributed by atoms with Gasteiger partial charge in [0.2, 0.25) is 0 Å². The summed E-state index contributed by atoms with van der Waals surface area (Å²) in [5.74, 6) is -0.570. The Morgan fingerprint density at radius 3 is 2.68 bits per heavy atom. The van der Waals surface area contributed by atoms with Crippen LogP contribution in [0.5, 0.6) is 0 Å². The SMILES string of the molecule is CC1(CNC(=O)NCC(O)c2c(F)cccc2F)CCCS1. The molecular weight excluding hydrogens is 310 g/mol. The number of carbonyl (C=O) groups is 1. The molecule has 4 nitrogen and oxygen atoms in total. The molecule has 0 saturated carbocycles. The maximum atomic E-state index is 13.5. The Morgan fingerprint density at radius 2 is 2.09 bits per heavy atom. The van der Waals surface area contributed by atoms with Crippen molar-refractivity contribution >= 4 is 17.8 Å². The van der Waals surface area contributed by atoms with Crippen molar-refractivity contribution in [1.82, 2.24) is 10.6 Å². The van der Waals surface area contributed by atoms with Gasteiger partial charge in [-0.1, -0.05) is 6.07 Å². The van der Waals surface area contributed by atoms with Crippen LogP contribution in [0.15, 0.2) is 18.2 Å². The first-order chi connectivity index (χ1) is 10.4. The molecule has 1 aromatic carbocycles. The fraction of sp³-hybridized carbons (Fsp3) is 0.533. The second-order valence-electron chi connectivity index (χ2n) is 5.62. The van der Waals surface area contributed by atoms with Gasteiger partial charge in [-0.3, -0.25) is 0 Å². The third kappa shape index (κ3) is 4.33. The number of benzene rings is 1. The molecule has 1 aliphatic rings. The van der Waals surface area contributed by atoms with Crippen LogP contribution in [0, 0.1) is 11.6 Å². The van der Waals surface area contributed by atoms with Gasteiger partial charge in [-0.15, -0.1) is 0 Å². The predicted octanol–water partition coefficient (Wildman–Crippen LogP) is 2.58. The molecule has 1 fully saturated rings. The van der Waals surface area contributed by atoms with E-state index >= 15 is 0 Å². The van der Waals surface area contributed by atoms with Gasteiger partial charge in [-0.2, -0.15) is 11.8 Å². The van der Waals surface area contributed by atoms with Crippen molar-refractivity contribution in [2.24, 2.45) is 0 Å². The van der Waals surface area contributed by atoms with E-state index in [1.54, 1.807) is 0 Å². The highest BCUT2D eigenvalue weighted by Crippen LogP contribution is 2.36. The van der Waals surface area contributed by atoms with Crippen LogP contribution < -0.4 is 10.6 Å². The summed E-state index contributed by atoms with van der Waals surface area (Å²) in [6.07, 6.45) is 0.750. The van der Waals surface area contributed by atoms with Gasteiger partial charge >= 0.3 is 6.03 Å². The molecular formula is C15H20F2N2O2S. The van der Waals surface area contributed by atoms with Gasteiger partial charge in [0.25, 0.3) is 0 Å². The molecule has 1 aliphatic heterocycles. The minimum atomic E-state index is -1.43. The van der Waals surface area contributed by atoms with Gasteiger partial charge in [0.1, 0.15) is 17.7 Å². The Kier molecular flexibility index (Phi) is 5.63. The fourth-order valence-corrected chi connectivity index (χ4v) is 3.67. The molecule has 2 atom stereocenters. The molecule has 1 heterocycles. The van der Waals surface area contributed by atoms with Gasteiger partial charge < -0.3 is 15.7 Å². The monoisotopic (exact) mass is 330 g/mol. The maximum Gasteiger partial charge on any atom is 0.314 e. The summed E-state index contributed by atoms with van der Waals surface area (Å²) in [5.41, 5.74) is -0.430. The highest BCUT2D eigenvalue weighted by atomic mass is 32.2. The third-order valence-electron chi connectivity index (χ3n) is 3.71. The van der Waals surface area contributed by atoms with Gasteiger partial charge in [0.05, 0.1) is 5.56 Å². The Hall–Kier alpha value is -1.34. The summed E-state index contributed by atoms with van der Waals surface area (Å²) in [7, 11) is 0. The van der Waals surface area contributed by atoms with Crippen molar-refractivity contribution in [2.45, 2.75) is 30.6 Å². The van der Waals surface area contributed by atoms with Crippen molar-refractivity contribution in [1.29, 1.82) is 0 Å². The number of aliphatic hydroxyl groups excluding tert-OH is 1. The zero-order valence-corrected chi connectivity index (χ0v) is 13.2. The smallest absolute Gasteiger partial charge is 0.314 e. The molecule has 2 unspecified atom stereocenters. The van der Waals surface area contributed by atoms with Crippen LogP contribution in [0.25, 0.3) is 0 Å². The Balaban J connectivity index is 1.80. The van der Waals surface area contributed by atoms with Crippen LogP contribution in [0.4, 0.5) is 13.6 Å². The normalized spacial score (nSPS) is 22.4. The summed E-state index contributed by atoms with van der Waals surface area (Å²) in [6.45, 7) is 2.36. The van der Waals surface area contributed by atoms with E-state index in [1.807, 2.05) is 11.8 Å². The first-order valence-corrected chi connectivity index (χ1v) is 8.17. The van der Waals surface area contributed by atoms with Gasteiger partial charge in [0.15, 0.2) is 0 Å². The molecule has 1 saturated heterocycles. The van der Waals surface area contributed by atoms with Crippen LogP contribution in [-0.4, -0.2) is 34.7 Å². The van der Waals surface area contributed by atoms with Crippen LogP contribution >= 0.6 is 11.8 Å². The van der Waals surface area contributed by atoms with E-state index in [0.717, 1.165) is 30.7 Å². The van der Waals surface area contributed by atoms with Crippen LogP contribution in [0.2, 0.25) is 0 Å². The minimum absolute atomic E-state index is 0.0353. The summed E-state index contributed by atoms with van der Waals surface area (Å²) in [5, 5.41) is 15.0. The molecule has 1 aromatic rings. The zero-order chi connectivity index (χ0) is 16.2. The van der Waals surface area contributed by atoms with Crippen molar-refractivity contribution in [3.63, 3.8) is 0 Å². The maximum absolute atomic E-state index is 13.5. The number of hydrogen-bond donors (Lipinski definition) is 3.